The molecular formula is C51H53N9O2S2. The average molecular weight is 888 g/mol. The number of nitrogens with zero attached hydrogens (tertiary/aromatic N) is 6. The zero-order valence-electron chi connectivity index (χ0n) is 36.8. The minimum atomic E-state index is 0.314. The lowest BCUT2D eigenvalue weighted by molar-refractivity contribution is 0.242. The molecule has 7 heterocycles. The van der Waals surface area contributed by atoms with Crippen molar-refractivity contribution < 1.29 is 9.47 Å². The number of rotatable bonds is 17. The normalized spacial score (nSPS) is 14.6. The summed E-state index contributed by atoms with van der Waals surface area (Å²) in [5, 5.41) is 11.0. The van der Waals surface area contributed by atoms with E-state index in [0.29, 0.717) is 12.5 Å². The van der Waals surface area contributed by atoms with Gasteiger partial charge >= 0.3 is 0 Å². The van der Waals surface area contributed by atoms with E-state index in [1.54, 1.807) is 42.4 Å². The summed E-state index contributed by atoms with van der Waals surface area (Å²) < 4.78 is 14.7. The molecule has 7 aromatic heterocycles. The van der Waals surface area contributed by atoms with Crippen LogP contribution in [0.5, 0.6) is 11.5 Å². The van der Waals surface area contributed by atoms with E-state index in [2.05, 4.69) is 72.1 Å². The summed E-state index contributed by atoms with van der Waals surface area (Å²) in [7, 11) is 1.72. The van der Waals surface area contributed by atoms with Gasteiger partial charge in [0.2, 0.25) is 0 Å². The van der Waals surface area contributed by atoms with Crippen molar-refractivity contribution in [3.63, 3.8) is 0 Å². The van der Waals surface area contributed by atoms with E-state index in [0.717, 1.165) is 137 Å². The van der Waals surface area contributed by atoms with Crippen LogP contribution in [0.4, 0.5) is 11.6 Å². The Hall–Kier alpha value is -5.92. The molecule has 13 heteroatoms. The minimum absolute atomic E-state index is 0.314. The first-order valence-electron chi connectivity index (χ1n) is 23.1. The average Bonchev–Trinajstić information content (AvgIpc) is 4.17. The number of H-pyrrole nitrogens is 1. The summed E-state index contributed by atoms with van der Waals surface area (Å²) >= 11 is 3.44. The van der Waals surface area contributed by atoms with E-state index in [9.17, 15) is 0 Å². The molecule has 9 aromatic rings. The van der Waals surface area contributed by atoms with Gasteiger partial charge in [-0.1, -0.05) is 51.0 Å². The number of aromatic nitrogens is 7. The number of benzene rings is 2. The number of thiophene rings is 2. The van der Waals surface area contributed by atoms with E-state index < -0.39 is 0 Å². The summed E-state index contributed by atoms with van der Waals surface area (Å²) in [5.74, 6) is 3.65. The van der Waals surface area contributed by atoms with Gasteiger partial charge in [-0.2, -0.15) is 0 Å². The van der Waals surface area contributed by atoms with Gasteiger partial charge in [0.1, 0.15) is 34.0 Å². The van der Waals surface area contributed by atoms with Crippen molar-refractivity contribution in [1.82, 2.24) is 34.9 Å². The fraction of sp³-hybridized carbons (Fsp3) is 0.373. The van der Waals surface area contributed by atoms with Gasteiger partial charge in [-0.05, 0) is 116 Å². The molecule has 0 spiro atoms. The topological polar surface area (TPSA) is 136 Å². The maximum atomic E-state index is 6.68. The molecule has 0 fully saturated rings. The Morgan fingerprint density at radius 3 is 2.16 bits per heavy atom. The molecule has 11 nitrogen and oxygen atoms in total. The summed E-state index contributed by atoms with van der Waals surface area (Å²) in [6, 6.07) is 14.8. The van der Waals surface area contributed by atoms with Crippen LogP contribution < -0.4 is 20.1 Å². The van der Waals surface area contributed by atoms with Crippen LogP contribution >= 0.6 is 22.7 Å². The van der Waals surface area contributed by atoms with Gasteiger partial charge in [-0.3, -0.25) is 0 Å². The maximum absolute atomic E-state index is 6.68. The highest BCUT2D eigenvalue weighted by Crippen LogP contribution is 2.44. The Kier molecular flexibility index (Phi) is 11.2. The molecule has 1 unspecified atom stereocenters. The van der Waals surface area contributed by atoms with Crippen molar-refractivity contribution in [1.29, 1.82) is 0 Å². The predicted octanol–water partition coefficient (Wildman–Crippen LogP) is 11.2. The predicted molar refractivity (Wildman–Crippen MR) is 262 cm³/mol. The van der Waals surface area contributed by atoms with Crippen LogP contribution in [0, 0.1) is 5.92 Å². The molecule has 0 aliphatic heterocycles. The molecule has 3 N–H and O–H groups in total. The second-order valence-corrected chi connectivity index (χ2v) is 19.4. The fourth-order valence-electron chi connectivity index (χ4n) is 10.3. The van der Waals surface area contributed by atoms with E-state index in [1.165, 1.54) is 72.9 Å². The Labute approximate surface area is 380 Å². The number of methoxy groups -OCH3 is 1. The van der Waals surface area contributed by atoms with E-state index >= 15 is 0 Å². The number of fused-ring (bicyclic) bond motifs is 11. The minimum Gasteiger partial charge on any atom is -0.493 e. The van der Waals surface area contributed by atoms with Gasteiger partial charge in [0.05, 0.1) is 34.1 Å². The van der Waals surface area contributed by atoms with Crippen LogP contribution in [0.15, 0.2) is 61.3 Å². The Bertz CT molecular complexity index is 3190. The number of hydrogen-bond acceptors (Lipinski definition) is 12. The number of hydrogen-bond donors (Lipinski definition) is 3. The molecule has 2 aromatic carbocycles. The molecule has 0 bridgehead atoms. The Morgan fingerprint density at radius 1 is 0.719 bits per heavy atom. The van der Waals surface area contributed by atoms with Crippen LogP contribution in [0.2, 0.25) is 0 Å². The lowest BCUT2D eigenvalue weighted by Crippen LogP contribution is -2.13. The smallest absolute Gasteiger partial charge is 0.161 e. The van der Waals surface area contributed by atoms with Gasteiger partial charge in [-0.15, -0.1) is 22.7 Å². The zero-order valence-corrected chi connectivity index (χ0v) is 38.4. The molecule has 1 atom stereocenters. The van der Waals surface area contributed by atoms with Gasteiger partial charge < -0.3 is 25.1 Å². The van der Waals surface area contributed by atoms with Crippen LogP contribution in [-0.4, -0.2) is 61.7 Å². The number of ether oxygens (including phenoxy) is 2. The molecule has 64 heavy (non-hydrogen) atoms. The molecule has 326 valence electrons. The fourth-order valence-corrected chi connectivity index (χ4v) is 12.6. The van der Waals surface area contributed by atoms with Crippen molar-refractivity contribution in [2.75, 3.05) is 37.4 Å². The summed E-state index contributed by atoms with van der Waals surface area (Å²) in [6.45, 7) is 6.64. The number of anilines is 2. The van der Waals surface area contributed by atoms with Crippen molar-refractivity contribution in [2.24, 2.45) is 5.92 Å². The highest BCUT2D eigenvalue weighted by atomic mass is 32.1. The highest BCUT2D eigenvalue weighted by molar-refractivity contribution is 7.26. The van der Waals surface area contributed by atoms with Gasteiger partial charge in [-0.25, -0.2) is 29.9 Å². The van der Waals surface area contributed by atoms with Crippen LogP contribution in [-0.2, 0) is 51.4 Å². The highest BCUT2D eigenvalue weighted by Gasteiger charge is 2.30. The Balaban J connectivity index is 0.764. The number of nitrogens with one attached hydrogen (secondary N) is 3. The quantitative estimate of drug-likeness (QED) is 0.0758. The monoisotopic (exact) mass is 887 g/mol. The largest absolute Gasteiger partial charge is 0.493 e. The van der Waals surface area contributed by atoms with Crippen molar-refractivity contribution >= 4 is 86.1 Å². The number of para-hydroxylation sites is 1. The van der Waals surface area contributed by atoms with Gasteiger partial charge in [0.15, 0.2) is 11.5 Å². The molecule has 0 radical (unpaired) electrons. The van der Waals surface area contributed by atoms with Crippen molar-refractivity contribution in [3.8, 4) is 11.5 Å². The molecule has 0 amide bonds. The lowest BCUT2D eigenvalue weighted by Gasteiger charge is -2.15. The van der Waals surface area contributed by atoms with E-state index in [4.69, 9.17) is 39.4 Å². The Morgan fingerprint density at radius 2 is 1.41 bits per heavy atom. The SMILES string of the molecule is CCCc1nc2sc3c(NCCCc4ccc(OC)c(OCC5Cc6c(CCC)nc7sc8c(NCCc9c[nH]c%10ccccc9%10)ncnc8c7c6C5)c4)ncnc3c2c2c1CCC2. The molecule has 2 aliphatic rings. The van der Waals surface area contributed by atoms with Gasteiger partial charge in [0, 0.05) is 58.3 Å². The summed E-state index contributed by atoms with van der Waals surface area (Å²) in [6.07, 6.45) is 17.7. The first-order valence-corrected chi connectivity index (χ1v) is 24.7. The number of aromatic amines is 1. The third-order valence-corrected chi connectivity index (χ3v) is 15.4. The lowest BCUT2D eigenvalue weighted by atomic mass is 10.0. The number of aryl methyl sites for hydroxylation is 4. The first-order chi connectivity index (χ1) is 31.6. The van der Waals surface area contributed by atoms with Crippen LogP contribution in [0.25, 0.3) is 51.8 Å². The van der Waals surface area contributed by atoms with Crippen molar-refractivity contribution in [3.05, 3.63) is 106 Å². The first kappa shape index (κ1) is 40.8. The van der Waals surface area contributed by atoms with Crippen LogP contribution in [0.1, 0.15) is 84.3 Å². The second-order valence-electron chi connectivity index (χ2n) is 17.4. The third-order valence-electron chi connectivity index (χ3n) is 13.2. The van der Waals surface area contributed by atoms with Crippen molar-refractivity contribution in [2.45, 2.75) is 90.9 Å². The number of pyridine rings is 2. The summed E-state index contributed by atoms with van der Waals surface area (Å²) in [5.41, 5.74) is 13.9. The van der Waals surface area contributed by atoms with Crippen LogP contribution in [0.3, 0.4) is 0 Å². The van der Waals surface area contributed by atoms with Gasteiger partial charge in [0.25, 0.3) is 0 Å². The zero-order chi connectivity index (χ0) is 43.1. The molecule has 2 aliphatic carbocycles. The molecule has 0 saturated carbocycles. The molecule has 0 saturated heterocycles. The molecule has 11 rings (SSSR count). The van der Waals surface area contributed by atoms with E-state index in [1.807, 2.05) is 6.07 Å². The molecular weight excluding hydrogens is 835 g/mol. The summed E-state index contributed by atoms with van der Waals surface area (Å²) in [4.78, 5) is 35.1. The maximum Gasteiger partial charge on any atom is 0.161 e. The van der Waals surface area contributed by atoms with E-state index in [-0.39, 0.29) is 0 Å². The third kappa shape index (κ3) is 7.45. The standard InChI is InChI=1S/C51H53N9O2S2/c1-4-10-38-33-14-8-15-34(33)42-44-46(63-50(42)59-38)48(57-27-55-44)52-20-9-12-29-17-18-40(61-3)41(24-29)62-26-30-22-35-36(23-30)43-45-47(64-51(43)60-39(35)11-5-2)49(58-28-56-45)53-21-19-31-25-54-37-16-7-6-13-32(31)37/h6-7,13,16-18,24-25,27-28,30,54H,4-5,8-12,14-15,19-23,26H2,1-3H3,(H,52,55,57)(H,53,56,58). The second kappa shape index (κ2) is 17.6.